The van der Waals surface area contributed by atoms with Gasteiger partial charge < -0.3 is 0 Å². The predicted octanol–water partition coefficient (Wildman–Crippen LogP) is 7.36. The van der Waals surface area contributed by atoms with Crippen molar-refractivity contribution in [1.82, 2.24) is 0 Å². The molecule has 0 fully saturated rings. The number of hydrogen-bond acceptors (Lipinski definition) is 1. The highest BCUT2D eigenvalue weighted by Crippen LogP contribution is 2.39. The minimum absolute atomic E-state index is 0.130. The van der Waals surface area contributed by atoms with Crippen LogP contribution in [0.15, 0.2) is 72.8 Å². The molecule has 0 aliphatic carbocycles. The summed E-state index contributed by atoms with van der Waals surface area (Å²) in [5.74, 6) is 0. The van der Waals surface area contributed by atoms with Crippen LogP contribution in [-0.4, -0.2) is 6.29 Å². The average Bonchev–Trinajstić information content (AvgIpc) is 2.70. The molecule has 0 aliphatic rings. The molecule has 0 saturated heterocycles. The van der Waals surface area contributed by atoms with E-state index in [1.165, 1.54) is 43.4 Å². The summed E-state index contributed by atoms with van der Waals surface area (Å²) in [5.41, 5.74) is 4.51. The second-order valence-corrected chi connectivity index (χ2v) is 8.72. The SMILES string of the molecule is CC(C)(C)c1cc2ccc3cc(-c4ccc(C=O)cc4)cc4ccc(c1)c2c34. The van der Waals surface area contributed by atoms with E-state index >= 15 is 0 Å². The Bertz CT molecular complexity index is 1270. The topological polar surface area (TPSA) is 17.1 Å². The number of rotatable bonds is 2. The molecular formula is C27H22O. The zero-order chi connectivity index (χ0) is 19.5. The molecule has 0 heterocycles. The fourth-order valence-corrected chi connectivity index (χ4v) is 4.19. The highest BCUT2D eigenvalue weighted by Gasteiger charge is 2.17. The molecule has 0 aromatic heterocycles. The van der Waals surface area contributed by atoms with Gasteiger partial charge in [-0.25, -0.2) is 0 Å². The van der Waals surface area contributed by atoms with Gasteiger partial charge in [-0.2, -0.15) is 0 Å². The number of aldehydes is 1. The zero-order valence-corrected chi connectivity index (χ0v) is 16.4. The van der Waals surface area contributed by atoms with Crippen molar-refractivity contribution in [3.05, 3.63) is 83.9 Å². The summed E-state index contributed by atoms with van der Waals surface area (Å²) in [6, 6.07) is 26.0. The van der Waals surface area contributed by atoms with Gasteiger partial charge >= 0.3 is 0 Å². The lowest BCUT2D eigenvalue weighted by Crippen LogP contribution is -2.10. The predicted molar refractivity (Wildman–Crippen MR) is 120 cm³/mol. The first-order valence-electron chi connectivity index (χ1n) is 9.73. The van der Waals surface area contributed by atoms with Gasteiger partial charge in [0.05, 0.1) is 0 Å². The van der Waals surface area contributed by atoms with Gasteiger partial charge in [0.15, 0.2) is 0 Å². The van der Waals surface area contributed by atoms with E-state index in [1.807, 2.05) is 24.3 Å². The third-order valence-corrected chi connectivity index (χ3v) is 5.78. The highest BCUT2D eigenvalue weighted by molar-refractivity contribution is 6.23. The number of carbonyl (C=O) groups excluding carboxylic acids is 1. The molecule has 0 bridgehead atoms. The van der Waals surface area contributed by atoms with Crippen LogP contribution in [-0.2, 0) is 5.41 Å². The minimum Gasteiger partial charge on any atom is -0.298 e. The molecule has 0 spiro atoms. The number of carbonyl (C=O) groups is 1. The lowest BCUT2D eigenvalue weighted by Gasteiger charge is -2.21. The lowest BCUT2D eigenvalue weighted by molar-refractivity contribution is 0.112. The van der Waals surface area contributed by atoms with Crippen molar-refractivity contribution in [1.29, 1.82) is 0 Å². The Kier molecular flexibility index (Phi) is 3.57. The normalized spacial score (nSPS) is 12.2. The molecule has 1 heteroatoms. The molecule has 5 aromatic rings. The smallest absolute Gasteiger partial charge is 0.150 e. The molecular weight excluding hydrogens is 340 g/mol. The van der Waals surface area contributed by atoms with E-state index < -0.39 is 0 Å². The van der Waals surface area contributed by atoms with Crippen LogP contribution in [0.2, 0.25) is 0 Å². The van der Waals surface area contributed by atoms with Crippen molar-refractivity contribution in [2.75, 3.05) is 0 Å². The Morgan fingerprint density at radius 2 is 1.07 bits per heavy atom. The summed E-state index contributed by atoms with van der Waals surface area (Å²) in [4.78, 5) is 10.9. The second kappa shape index (κ2) is 5.90. The molecule has 0 saturated carbocycles. The Morgan fingerprint density at radius 1 is 0.607 bits per heavy atom. The largest absolute Gasteiger partial charge is 0.298 e. The van der Waals surface area contributed by atoms with Crippen molar-refractivity contribution < 1.29 is 4.79 Å². The van der Waals surface area contributed by atoms with Crippen LogP contribution in [0, 0.1) is 0 Å². The number of hydrogen-bond donors (Lipinski definition) is 0. The van der Waals surface area contributed by atoms with Crippen molar-refractivity contribution in [2.24, 2.45) is 0 Å². The Labute approximate surface area is 164 Å². The fourth-order valence-electron chi connectivity index (χ4n) is 4.19. The van der Waals surface area contributed by atoms with E-state index in [1.54, 1.807) is 0 Å². The maximum atomic E-state index is 10.9. The van der Waals surface area contributed by atoms with Crippen LogP contribution >= 0.6 is 0 Å². The Morgan fingerprint density at radius 3 is 1.50 bits per heavy atom. The molecule has 0 aliphatic heterocycles. The summed E-state index contributed by atoms with van der Waals surface area (Å²) < 4.78 is 0. The van der Waals surface area contributed by atoms with Gasteiger partial charge in [-0.3, -0.25) is 4.79 Å². The second-order valence-electron chi connectivity index (χ2n) is 8.72. The average molecular weight is 362 g/mol. The van der Waals surface area contributed by atoms with Crippen molar-refractivity contribution >= 4 is 38.6 Å². The van der Waals surface area contributed by atoms with E-state index in [0.29, 0.717) is 5.56 Å². The first-order valence-corrected chi connectivity index (χ1v) is 9.73. The van der Waals surface area contributed by atoms with Crippen molar-refractivity contribution in [2.45, 2.75) is 26.2 Å². The monoisotopic (exact) mass is 362 g/mol. The summed E-state index contributed by atoms with van der Waals surface area (Å²) in [6.45, 7) is 6.80. The van der Waals surface area contributed by atoms with Gasteiger partial charge in [-0.15, -0.1) is 0 Å². The van der Waals surface area contributed by atoms with Crippen LogP contribution < -0.4 is 0 Å². The van der Waals surface area contributed by atoms with Gasteiger partial charge in [0.25, 0.3) is 0 Å². The third kappa shape index (κ3) is 2.58. The maximum Gasteiger partial charge on any atom is 0.150 e. The quantitative estimate of drug-likeness (QED) is 0.237. The molecule has 1 nitrogen and oxygen atoms in total. The summed E-state index contributed by atoms with van der Waals surface area (Å²) in [6.07, 6.45) is 0.885. The summed E-state index contributed by atoms with van der Waals surface area (Å²) in [7, 11) is 0. The van der Waals surface area contributed by atoms with Gasteiger partial charge in [-0.05, 0) is 66.6 Å². The number of benzene rings is 5. The molecule has 136 valence electrons. The molecule has 0 atom stereocenters. The van der Waals surface area contributed by atoms with Crippen LogP contribution in [0.5, 0.6) is 0 Å². The van der Waals surface area contributed by atoms with Crippen molar-refractivity contribution in [3.8, 4) is 11.1 Å². The summed E-state index contributed by atoms with van der Waals surface area (Å²) >= 11 is 0. The van der Waals surface area contributed by atoms with Crippen LogP contribution in [0.1, 0.15) is 36.7 Å². The van der Waals surface area contributed by atoms with E-state index in [2.05, 4.69) is 69.3 Å². The van der Waals surface area contributed by atoms with E-state index in [9.17, 15) is 4.79 Å². The van der Waals surface area contributed by atoms with Crippen LogP contribution in [0.4, 0.5) is 0 Å². The minimum atomic E-state index is 0.130. The van der Waals surface area contributed by atoms with Gasteiger partial charge in [0.1, 0.15) is 6.29 Å². The lowest BCUT2D eigenvalue weighted by atomic mass is 9.83. The van der Waals surface area contributed by atoms with Gasteiger partial charge in [-0.1, -0.05) is 81.4 Å². The molecule has 0 unspecified atom stereocenters. The first-order chi connectivity index (χ1) is 13.4. The standard InChI is InChI=1S/C27H22O/c1-27(2,3)24-14-21-10-8-19-12-23(18-6-4-17(16-28)5-7-18)13-20-9-11-22(15-24)26(21)25(19)20/h4-16H,1-3H3. The van der Waals surface area contributed by atoms with Gasteiger partial charge in [0, 0.05) is 5.56 Å². The zero-order valence-electron chi connectivity index (χ0n) is 16.4. The molecule has 28 heavy (non-hydrogen) atoms. The van der Waals surface area contributed by atoms with E-state index in [-0.39, 0.29) is 5.41 Å². The highest BCUT2D eigenvalue weighted by atomic mass is 16.1. The molecule has 0 amide bonds. The fraction of sp³-hybridized carbons (Fsp3) is 0.148. The van der Waals surface area contributed by atoms with E-state index in [0.717, 1.165) is 11.8 Å². The first kappa shape index (κ1) is 16.9. The third-order valence-electron chi connectivity index (χ3n) is 5.78. The molecule has 0 N–H and O–H groups in total. The van der Waals surface area contributed by atoms with Crippen LogP contribution in [0.25, 0.3) is 43.4 Å². The Balaban J connectivity index is 1.78. The van der Waals surface area contributed by atoms with Crippen molar-refractivity contribution in [3.63, 3.8) is 0 Å². The molecule has 5 aromatic carbocycles. The Hall–Kier alpha value is -3.19. The van der Waals surface area contributed by atoms with Crippen LogP contribution in [0.3, 0.4) is 0 Å². The summed E-state index contributed by atoms with van der Waals surface area (Å²) in [5, 5.41) is 7.82. The maximum absolute atomic E-state index is 10.9. The molecule has 5 rings (SSSR count). The van der Waals surface area contributed by atoms with Gasteiger partial charge in [0.2, 0.25) is 0 Å². The van der Waals surface area contributed by atoms with E-state index in [4.69, 9.17) is 0 Å². The molecule has 0 radical (unpaired) electrons.